The molecule has 0 saturated heterocycles. The topological polar surface area (TPSA) is 104 Å². The predicted molar refractivity (Wildman–Crippen MR) is 137 cm³/mol. The van der Waals surface area contributed by atoms with Crippen LogP contribution in [-0.4, -0.2) is 52.4 Å². The summed E-state index contributed by atoms with van der Waals surface area (Å²) in [5.41, 5.74) is -0.132. The zero-order chi connectivity index (χ0) is 25.4. The number of amides is 3. The van der Waals surface area contributed by atoms with E-state index in [4.69, 9.17) is 16.3 Å². The molecule has 3 N–H and O–H groups in total. The van der Waals surface area contributed by atoms with Crippen LogP contribution in [0, 0.1) is 0 Å². The van der Waals surface area contributed by atoms with Crippen molar-refractivity contribution >= 4 is 40.3 Å². The lowest BCUT2D eigenvalue weighted by Crippen LogP contribution is -2.46. The highest BCUT2D eigenvalue weighted by atomic mass is 35.5. The van der Waals surface area contributed by atoms with Crippen molar-refractivity contribution in [1.82, 2.24) is 15.2 Å². The molecule has 1 heterocycles. The van der Waals surface area contributed by atoms with Gasteiger partial charge in [-0.25, -0.2) is 14.6 Å². The minimum absolute atomic E-state index is 0.0501. The molecule has 0 fully saturated rings. The molecule has 1 atom stereocenters. The minimum Gasteiger partial charge on any atom is -0.447 e. The summed E-state index contributed by atoms with van der Waals surface area (Å²) in [6.07, 6.45) is 1.84. The highest BCUT2D eigenvalue weighted by molar-refractivity contribution is 6.31. The van der Waals surface area contributed by atoms with Gasteiger partial charge in [0.1, 0.15) is 12.4 Å². The van der Waals surface area contributed by atoms with E-state index in [1.54, 1.807) is 39.2 Å². The van der Waals surface area contributed by atoms with Crippen LogP contribution in [0.3, 0.4) is 0 Å². The normalized spacial score (nSPS) is 12.1. The average molecular weight is 499 g/mol. The van der Waals surface area contributed by atoms with Gasteiger partial charge in [-0.2, -0.15) is 0 Å². The molecule has 3 amide bonds. The van der Waals surface area contributed by atoms with E-state index < -0.39 is 17.7 Å². The Bertz CT molecular complexity index is 1170. The van der Waals surface area contributed by atoms with Crippen LogP contribution < -0.4 is 10.6 Å². The smallest absolute Gasteiger partial charge is 0.412 e. The van der Waals surface area contributed by atoms with Crippen LogP contribution in [0.1, 0.15) is 32.3 Å². The summed E-state index contributed by atoms with van der Waals surface area (Å²) in [6.45, 7) is 3.60. The molecule has 35 heavy (non-hydrogen) atoms. The van der Waals surface area contributed by atoms with Crippen LogP contribution in [0.5, 0.6) is 0 Å². The van der Waals surface area contributed by atoms with Crippen LogP contribution in [0.25, 0.3) is 10.8 Å². The Morgan fingerprint density at radius 2 is 1.83 bits per heavy atom. The number of hydrogen-bond donors (Lipinski definition) is 3. The van der Waals surface area contributed by atoms with E-state index in [1.165, 1.54) is 4.90 Å². The minimum atomic E-state index is -0.926. The molecule has 0 radical (unpaired) electrons. The fraction of sp³-hybridized carbons (Fsp3) is 0.346. The molecule has 3 aromatic rings. The lowest BCUT2D eigenvalue weighted by Gasteiger charge is -2.30. The number of halogens is 1. The lowest BCUT2D eigenvalue weighted by atomic mass is 9.99. The molecule has 1 aromatic heterocycles. The second kappa shape index (κ2) is 11.9. The number of pyridine rings is 1. The van der Waals surface area contributed by atoms with Crippen molar-refractivity contribution in [3.8, 4) is 0 Å². The Morgan fingerprint density at radius 1 is 1.14 bits per heavy atom. The van der Waals surface area contributed by atoms with E-state index in [0.717, 1.165) is 16.3 Å². The molecule has 9 heteroatoms. The van der Waals surface area contributed by atoms with Crippen LogP contribution in [0.2, 0.25) is 5.02 Å². The number of nitrogens with zero attached hydrogens (tertiary/aromatic N) is 2. The maximum atomic E-state index is 12.8. The van der Waals surface area contributed by atoms with Gasteiger partial charge in [0.15, 0.2) is 0 Å². The van der Waals surface area contributed by atoms with Gasteiger partial charge in [-0.05, 0) is 49.8 Å². The van der Waals surface area contributed by atoms with Crippen molar-refractivity contribution in [2.75, 3.05) is 19.0 Å². The Labute approximate surface area is 210 Å². The molecule has 3 rings (SSSR count). The number of carbonyl (C=O) groups is 2. The van der Waals surface area contributed by atoms with E-state index in [0.29, 0.717) is 23.7 Å². The van der Waals surface area contributed by atoms with Gasteiger partial charge >= 0.3 is 12.1 Å². The monoisotopic (exact) mass is 498 g/mol. The number of anilines is 1. The third kappa shape index (κ3) is 8.12. The predicted octanol–water partition coefficient (Wildman–Crippen LogP) is 5.20. The molecular formula is C26H31ClN4O4. The summed E-state index contributed by atoms with van der Waals surface area (Å²) in [5, 5.41) is 18.1. The second-order valence-electron chi connectivity index (χ2n) is 9.01. The molecule has 0 aliphatic heterocycles. The highest BCUT2D eigenvalue weighted by Crippen LogP contribution is 2.18. The first-order chi connectivity index (χ1) is 16.6. The molecule has 0 aliphatic carbocycles. The highest BCUT2D eigenvalue weighted by Gasteiger charge is 2.25. The van der Waals surface area contributed by atoms with Gasteiger partial charge < -0.3 is 20.1 Å². The van der Waals surface area contributed by atoms with E-state index in [-0.39, 0.29) is 19.2 Å². The molecule has 2 aromatic carbocycles. The number of ether oxygens (including phenoxy) is 1. The third-order valence-corrected chi connectivity index (χ3v) is 5.98. The maximum Gasteiger partial charge on any atom is 0.412 e. The van der Waals surface area contributed by atoms with Gasteiger partial charge in [-0.15, -0.1) is 0 Å². The molecule has 0 aliphatic rings. The largest absolute Gasteiger partial charge is 0.447 e. The summed E-state index contributed by atoms with van der Waals surface area (Å²) in [5.74, 6) is 0.368. The second-order valence-corrected chi connectivity index (χ2v) is 9.41. The van der Waals surface area contributed by atoms with Gasteiger partial charge in [-0.3, -0.25) is 5.32 Å². The van der Waals surface area contributed by atoms with Crippen LogP contribution in [0.4, 0.5) is 15.4 Å². The summed E-state index contributed by atoms with van der Waals surface area (Å²) in [6, 6.07) is 15.9. The SMILES string of the molecule is CN(C(=O)NCc1ccccc1Cl)[C@@H](CCC(C)(C)O)COC(=O)Nc1cc2ccccc2cn1. The summed E-state index contributed by atoms with van der Waals surface area (Å²) in [4.78, 5) is 30.9. The van der Waals surface area contributed by atoms with Crippen LogP contribution in [-0.2, 0) is 11.3 Å². The average Bonchev–Trinajstić information content (AvgIpc) is 2.82. The summed E-state index contributed by atoms with van der Waals surface area (Å²) in [7, 11) is 1.63. The number of aromatic nitrogens is 1. The van der Waals surface area contributed by atoms with Crippen LogP contribution >= 0.6 is 11.6 Å². The molecule has 8 nitrogen and oxygen atoms in total. The molecule has 0 spiro atoms. The Morgan fingerprint density at radius 3 is 2.54 bits per heavy atom. The molecule has 0 unspecified atom stereocenters. The number of rotatable bonds is 9. The number of benzene rings is 2. The van der Waals surface area contributed by atoms with Crippen molar-refractivity contribution in [2.45, 2.75) is 44.9 Å². The van der Waals surface area contributed by atoms with Crippen molar-refractivity contribution in [3.63, 3.8) is 0 Å². The third-order valence-electron chi connectivity index (χ3n) is 5.61. The molecular weight excluding hydrogens is 468 g/mol. The van der Waals surface area contributed by atoms with E-state index in [1.807, 2.05) is 42.5 Å². The number of fused-ring (bicyclic) bond motifs is 1. The van der Waals surface area contributed by atoms with Gasteiger partial charge in [-0.1, -0.05) is 54.1 Å². The number of nitrogens with one attached hydrogen (secondary N) is 2. The van der Waals surface area contributed by atoms with E-state index in [9.17, 15) is 14.7 Å². The fourth-order valence-electron chi connectivity index (χ4n) is 3.48. The Hall–Kier alpha value is -3.36. The zero-order valence-electron chi connectivity index (χ0n) is 20.1. The molecule has 0 saturated carbocycles. The van der Waals surface area contributed by atoms with Crippen molar-refractivity contribution < 1.29 is 19.4 Å². The standard InChI is InChI=1S/C26H31ClN4O4/c1-26(2,34)13-12-21(31(3)24(32)29-16-20-10-6-7-11-22(20)27)17-35-25(33)30-23-14-18-8-4-5-9-19(18)15-28-23/h4-11,14-15,21,34H,12-13,16-17H2,1-3H3,(H,29,32)(H,28,30,33)/t21-/m0/s1. The number of urea groups is 1. The quantitative estimate of drug-likeness (QED) is 0.376. The Balaban J connectivity index is 1.59. The molecule has 0 bridgehead atoms. The Kier molecular flexibility index (Phi) is 8.89. The number of likely N-dealkylation sites (N-methyl/N-ethyl adjacent to an activating group) is 1. The number of carbonyl (C=O) groups excluding carboxylic acids is 2. The molecule has 186 valence electrons. The van der Waals surface area contributed by atoms with Crippen LogP contribution in [0.15, 0.2) is 60.8 Å². The summed E-state index contributed by atoms with van der Waals surface area (Å²) >= 11 is 6.17. The maximum absolute atomic E-state index is 12.8. The van der Waals surface area contributed by atoms with Gasteiger partial charge in [0.2, 0.25) is 0 Å². The van der Waals surface area contributed by atoms with Crippen molar-refractivity contribution in [3.05, 3.63) is 71.4 Å². The van der Waals surface area contributed by atoms with Crippen molar-refractivity contribution in [1.29, 1.82) is 0 Å². The van der Waals surface area contributed by atoms with Gasteiger partial charge in [0, 0.05) is 30.2 Å². The van der Waals surface area contributed by atoms with Crippen molar-refractivity contribution in [2.24, 2.45) is 0 Å². The summed E-state index contributed by atoms with van der Waals surface area (Å²) < 4.78 is 5.42. The van der Waals surface area contributed by atoms with Gasteiger partial charge in [0.25, 0.3) is 0 Å². The number of aliphatic hydroxyl groups is 1. The van der Waals surface area contributed by atoms with E-state index in [2.05, 4.69) is 15.6 Å². The first-order valence-electron chi connectivity index (χ1n) is 11.4. The lowest BCUT2D eigenvalue weighted by molar-refractivity contribution is 0.0521. The zero-order valence-corrected chi connectivity index (χ0v) is 20.9. The fourth-order valence-corrected chi connectivity index (χ4v) is 3.68. The van der Waals surface area contributed by atoms with E-state index >= 15 is 0 Å². The first kappa shape index (κ1) is 26.2. The number of hydrogen-bond acceptors (Lipinski definition) is 5. The van der Waals surface area contributed by atoms with Gasteiger partial charge in [0.05, 0.1) is 11.6 Å². The first-order valence-corrected chi connectivity index (χ1v) is 11.8.